The minimum Gasteiger partial charge on any atom is -0.341 e. The second kappa shape index (κ2) is 24.2. The third-order valence-corrected chi connectivity index (χ3v) is 20.4. The maximum absolute atomic E-state index is 2.64. The number of fused-ring (bicyclic) bond motifs is 6. The maximum atomic E-state index is 2.64. The molecule has 0 amide bonds. The summed E-state index contributed by atoms with van der Waals surface area (Å²) in [6.07, 6.45) is 13.1. The summed E-state index contributed by atoms with van der Waals surface area (Å²) in [6, 6.07) is 96.7. The summed E-state index contributed by atoms with van der Waals surface area (Å²) in [5, 5.41) is 0. The Morgan fingerprint density at radius 1 is 0.196 bits per heavy atom. The topological polar surface area (TPSA) is 25.9 Å². The molecule has 0 aliphatic carbocycles. The van der Waals surface area contributed by atoms with Crippen LogP contribution < -0.4 is 39.2 Å². The molecule has 6 aliphatic rings. The number of anilines is 18. The minimum absolute atomic E-state index is 0.931. The van der Waals surface area contributed by atoms with Crippen molar-refractivity contribution >= 4 is 102 Å². The van der Waals surface area contributed by atoms with Gasteiger partial charge in [0, 0.05) is 130 Å². The van der Waals surface area contributed by atoms with E-state index in [0.717, 1.165) is 150 Å². The van der Waals surface area contributed by atoms with Gasteiger partial charge in [-0.15, -0.1) is 0 Å². The summed E-state index contributed by atoms with van der Waals surface area (Å²) in [7, 11) is 0. The van der Waals surface area contributed by atoms with E-state index in [1.807, 2.05) is 0 Å². The second-order valence-corrected chi connectivity index (χ2v) is 25.9. The zero-order chi connectivity index (χ0) is 60.9. The molecule has 6 aliphatic heterocycles. The summed E-state index contributed by atoms with van der Waals surface area (Å²) in [5.74, 6) is 0. The van der Waals surface area contributed by atoms with Gasteiger partial charge in [-0.2, -0.15) is 0 Å². The normalized spacial score (nSPS) is 15.8. The summed E-state index contributed by atoms with van der Waals surface area (Å²) in [4.78, 5) is 20.7. The van der Waals surface area contributed by atoms with Crippen LogP contribution in [0.1, 0.15) is 71.9 Å². The van der Waals surface area contributed by atoms with E-state index in [9.17, 15) is 0 Å². The monoisotopic (exact) mass is 1200 g/mol. The van der Waals surface area contributed by atoms with Gasteiger partial charge >= 0.3 is 0 Å². The van der Waals surface area contributed by atoms with E-state index in [2.05, 4.69) is 294 Å². The quantitative estimate of drug-likeness (QED) is 0.119. The maximum Gasteiger partial charge on any atom is 0.0503 e. The third kappa shape index (κ3) is 10.3. The van der Waals surface area contributed by atoms with Gasteiger partial charge in [-0.25, -0.2) is 0 Å². The number of aryl methyl sites for hydroxylation is 4. The summed E-state index contributed by atoms with van der Waals surface area (Å²) in [5.41, 5.74) is 30.6. The van der Waals surface area contributed by atoms with E-state index < -0.39 is 0 Å². The predicted octanol–water partition coefficient (Wildman–Crippen LogP) is 21.1. The molecular weight excluding hydrogens is 1120 g/mol. The van der Waals surface area contributed by atoms with Crippen LogP contribution in [0.25, 0.3) is 0 Å². The SMILES string of the molecule is c1ccc(N(c2cc(N3CCCc4ccccc43)cc(N3CCCc4c3cccc4N3CCCc4ccccc43)c2)c2cccc(N(c3ccccc3)c3cc(N4CCCc5ccccc54)cc(N4CCCc5c4cccc5N4CCCc5ccccc54)c3)c2)cc1. The number of para-hydroxylation sites is 6. The zero-order valence-corrected chi connectivity index (χ0v) is 52.6. The molecule has 0 radical (unpaired) electrons. The van der Waals surface area contributed by atoms with Gasteiger partial charge in [0.1, 0.15) is 0 Å². The first-order valence-corrected chi connectivity index (χ1v) is 33.9. The lowest BCUT2D eigenvalue weighted by molar-refractivity contribution is 0.741. The van der Waals surface area contributed by atoms with Crippen molar-refractivity contribution in [2.24, 2.45) is 0 Å². The Bertz CT molecular complexity index is 4240. The van der Waals surface area contributed by atoms with Gasteiger partial charge in [-0.05, 0) is 238 Å². The molecule has 11 aromatic rings. The zero-order valence-electron chi connectivity index (χ0n) is 52.6. The Morgan fingerprint density at radius 3 is 0.826 bits per heavy atom. The number of benzene rings is 11. The lowest BCUT2D eigenvalue weighted by Crippen LogP contribution is -2.30. The van der Waals surface area contributed by atoms with Crippen molar-refractivity contribution in [2.45, 2.75) is 77.0 Å². The van der Waals surface area contributed by atoms with Crippen LogP contribution in [0.2, 0.25) is 0 Å². The molecule has 17 rings (SSSR count). The minimum atomic E-state index is 0.931. The summed E-state index contributed by atoms with van der Waals surface area (Å²) in [6.45, 7) is 5.81. The van der Waals surface area contributed by atoms with Crippen molar-refractivity contribution in [3.8, 4) is 0 Å². The fourth-order valence-corrected chi connectivity index (χ4v) is 16.3. The van der Waals surface area contributed by atoms with Gasteiger partial charge in [0.05, 0.1) is 11.4 Å². The molecular formula is C84H78N8. The molecule has 8 nitrogen and oxygen atoms in total. The number of rotatable bonds is 12. The molecule has 0 spiro atoms. The molecule has 11 aromatic carbocycles. The summed E-state index contributed by atoms with van der Waals surface area (Å²) < 4.78 is 0. The van der Waals surface area contributed by atoms with Crippen LogP contribution >= 0.6 is 0 Å². The molecule has 8 heteroatoms. The van der Waals surface area contributed by atoms with E-state index in [4.69, 9.17) is 0 Å². The largest absolute Gasteiger partial charge is 0.341 e. The van der Waals surface area contributed by atoms with Gasteiger partial charge in [-0.3, -0.25) is 0 Å². The third-order valence-electron chi connectivity index (χ3n) is 20.4. The molecule has 0 unspecified atom stereocenters. The van der Waals surface area contributed by atoms with Crippen molar-refractivity contribution in [1.82, 2.24) is 0 Å². The number of hydrogen-bond acceptors (Lipinski definition) is 8. The van der Waals surface area contributed by atoms with Crippen LogP contribution in [0.5, 0.6) is 0 Å². The van der Waals surface area contributed by atoms with Crippen LogP contribution in [0.3, 0.4) is 0 Å². The predicted molar refractivity (Wildman–Crippen MR) is 386 cm³/mol. The van der Waals surface area contributed by atoms with Crippen LogP contribution in [0.15, 0.2) is 255 Å². The van der Waals surface area contributed by atoms with E-state index >= 15 is 0 Å². The van der Waals surface area contributed by atoms with E-state index in [1.165, 1.54) is 102 Å². The molecule has 0 N–H and O–H groups in total. The Labute approximate surface area is 543 Å². The van der Waals surface area contributed by atoms with E-state index in [1.54, 1.807) is 0 Å². The highest BCUT2D eigenvalue weighted by Gasteiger charge is 2.32. The molecule has 0 saturated carbocycles. The van der Waals surface area contributed by atoms with Crippen LogP contribution in [-0.2, 0) is 38.5 Å². The lowest BCUT2D eigenvalue weighted by atomic mass is 9.95. The van der Waals surface area contributed by atoms with Gasteiger partial charge < -0.3 is 39.2 Å². The van der Waals surface area contributed by atoms with Gasteiger partial charge in [-0.1, -0.05) is 127 Å². The molecule has 0 bridgehead atoms. The number of hydrogen-bond donors (Lipinski definition) is 0. The highest BCUT2D eigenvalue weighted by atomic mass is 15.2. The second-order valence-electron chi connectivity index (χ2n) is 25.9. The molecule has 0 aromatic heterocycles. The standard InChI is InChI=1S/C84H78N8/c1-3-32-65(33-4-1)91(73-57-69(85-48-18-28-61-24-7-11-40-77(61)85)55-71(59-73)87-50-22-38-75-81(87)44-16-46-83(75)89-52-20-30-63-26-9-13-42-79(63)89)67-36-15-37-68(54-67)92(66-34-5-2-6-35-66)74-58-70(86-49-19-29-62-25-8-12-41-78(62)86)56-72(60-74)88-51-23-39-76-82(88)45-17-47-84(76)90-53-21-31-64-27-10-14-43-80(64)90/h1-17,24-27,32-37,40-47,54-60H,18-23,28-31,38-39,48-53H2. The fraction of sp³-hybridized carbons (Fsp3) is 0.214. The van der Waals surface area contributed by atoms with Gasteiger partial charge in [0.2, 0.25) is 0 Å². The van der Waals surface area contributed by atoms with Crippen molar-refractivity contribution in [3.63, 3.8) is 0 Å². The lowest BCUT2D eigenvalue weighted by Gasteiger charge is -2.39. The number of nitrogens with zero attached hydrogens (tertiary/aromatic N) is 8. The summed E-state index contributed by atoms with van der Waals surface area (Å²) >= 11 is 0. The average molecular weight is 1200 g/mol. The van der Waals surface area contributed by atoms with Crippen molar-refractivity contribution < 1.29 is 0 Å². The smallest absolute Gasteiger partial charge is 0.0503 e. The van der Waals surface area contributed by atoms with E-state index in [-0.39, 0.29) is 0 Å². The first-order chi connectivity index (χ1) is 45.6. The highest BCUT2D eigenvalue weighted by Crippen LogP contribution is 2.51. The average Bonchev–Trinajstić information content (AvgIpc) is 1.53. The van der Waals surface area contributed by atoms with Crippen LogP contribution in [0, 0.1) is 0 Å². The Kier molecular flexibility index (Phi) is 14.7. The Hall–Kier alpha value is -10.2. The van der Waals surface area contributed by atoms with Crippen LogP contribution in [0.4, 0.5) is 102 Å². The molecule has 454 valence electrons. The molecule has 0 fully saturated rings. The van der Waals surface area contributed by atoms with Crippen LogP contribution in [-0.4, -0.2) is 39.3 Å². The first kappa shape index (κ1) is 55.9. The van der Waals surface area contributed by atoms with Gasteiger partial charge in [0.15, 0.2) is 0 Å². The molecule has 0 atom stereocenters. The van der Waals surface area contributed by atoms with Crippen molar-refractivity contribution in [2.75, 3.05) is 78.5 Å². The Balaban J connectivity index is 0.822. The molecule has 6 heterocycles. The first-order valence-electron chi connectivity index (χ1n) is 33.9. The Morgan fingerprint density at radius 2 is 0.457 bits per heavy atom. The van der Waals surface area contributed by atoms with Gasteiger partial charge in [0.25, 0.3) is 0 Å². The fourth-order valence-electron chi connectivity index (χ4n) is 16.3. The van der Waals surface area contributed by atoms with Crippen molar-refractivity contribution in [1.29, 1.82) is 0 Å². The molecule has 92 heavy (non-hydrogen) atoms. The van der Waals surface area contributed by atoms with E-state index in [0.29, 0.717) is 0 Å². The highest BCUT2D eigenvalue weighted by molar-refractivity contribution is 5.91. The van der Waals surface area contributed by atoms with Crippen molar-refractivity contribution in [3.05, 3.63) is 288 Å². The molecule has 0 saturated heterocycles.